The minimum absolute atomic E-state index is 0.00389. The first-order valence-corrected chi connectivity index (χ1v) is 6.05. The van der Waals surface area contributed by atoms with Crippen LogP contribution in [0.25, 0.3) is 0 Å². The number of rotatable bonds is 5. The van der Waals surface area contributed by atoms with Gasteiger partial charge in [-0.05, 0) is 37.1 Å². The Morgan fingerprint density at radius 3 is 2.42 bits per heavy atom. The predicted molar refractivity (Wildman–Crippen MR) is 70.1 cm³/mol. The van der Waals surface area contributed by atoms with Crippen LogP contribution in [0, 0.1) is 5.92 Å². The van der Waals surface area contributed by atoms with Gasteiger partial charge in [0.15, 0.2) is 6.61 Å². The lowest BCUT2D eigenvalue weighted by atomic mass is 10.1. The number of hydrogen-bond acceptors (Lipinski definition) is 3. The Labute approximate surface area is 110 Å². The molecule has 0 bridgehead atoms. The van der Waals surface area contributed by atoms with E-state index in [2.05, 4.69) is 5.32 Å². The summed E-state index contributed by atoms with van der Waals surface area (Å²) in [6.07, 6.45) is 5.58. The van der Waals surface area contributed by atoms with Crippen LogP contribution >= 0.6 is 0 Å². The number of carboxylic acids is 1. The van der Waals surface area contributed by atoms with Gasteiger partial charge in [-0.3, -0.25) is 4.79 Å². The molecule has 1 amide bonds. The van der Waals surface area contributed by atoms with Crippen molar-refractivity contribution in [2.75, 3.05) is 11.9 Å². The van der Waals surface area contributed by atoms with E-state index in [4.69, 9.17) is 9.84 Å². The van der Waals surface area contributed by atoms with Crippen LogP contribution in [0.1, 0.15) is 12.8 Å². The quantitative estimate of drug-likeness (QED) is 0.795. The molecule has 5 nitrogen and oxygen atoms in total. The van der Waals surface area contributed by atoms with Gasteiger partial charge < -0.3 is 15.2 Å². The van der Waals surface area contributed by atoms with Crippen molar-refractivity contribution in [1.29, 1.82) is 0 Å². The second-order valence-corrected chi connectivity index (χ2v) is 4.34. The summed E-state index contributed by atoms with van der Waals surface area (Å²) in [5.74, 6) is -0.541. The van der Waals surface area contributed by atoms with Crippen molar-refractivity contribution >= 4 is 17.6 Å². The number of amides is 1. The third-order valence-corrected chi connectivity index (χ3v) is 2.86. The van der Waals surface area contributed by atoms with Crippen molar-refractivity contribution < 1.29 is 19.4 Å². The Kier molecular flexibility index (Phi) is 4.18. The lowest BCUT2D eigenvalue weighted by molar-refractivity contribution is -0.139. The summed E-state index contributed by atoms with van der Waals surface area (Å²) in [7, 11) is 0. The van der Waals surface area contributed by atoms with Crippen molar-refractivity contribution in [3.63, 3.8) is 0 Å². The van der Waals surface area contributed by atoms with Crippen LogP contribution in [-0.4, -0.2) is 23.6 Å². The standard InChI is InChI=1S/C14H15NO4/c16-13(17)9-19-12-7-5-11(6-8-12)15-14(18)10-3-1-2-4-10/h1-2,5-8,10H,3-4,9H2,(H,15,18)(H,16,17). The second-order valence-electron chi connectivity index (χ2n) is 4.34. The predicted octanol–water partition coefficient (Wildman–Crippen LogP) is 2.05. The number of ether oxygens (including phenoxy) is 1. The molecule has 1 aliphatic carbocycles. The van der Waals surface area contributed by atoms with E-state index in [0.717, 1.165) is 12.8 Å². The van der Waals surface area contributed by atoms with Crippen LogP contribution in [0.4, 0.5) is 5.69 Å². The van der Waals surface area contributed by atoms with E-state index in [9.17, 15) is 9.59 Å². The minimum atomic E-state index is -1.02. The molecule has 2 N–H and O–H groups in total. The Bertz CT molecular complexity index is 485. The molecule has 2 rings (SSSR count). The Morgan fingerprint density at radius 1 is 1.21 bits per heavy atom. The van der Waals surface area contributed by atoms with Gasteiger partial charge in [0, 0.05) is 11.6 Å². The molecule has 0 spiro atoms. The lowest BCUT2D eigenvalue weighted by Crippen LogP contribution is -2.20. The van der Waals surface area contributed by atoms with Crippen LogP contribution in [-0.2, 0) is 9.59 Å². The highest BCUT2D eigenvalue weighted by atomic mass is 16.5. The fourth-order valence-electron chi connectivity index (χ4n) is 1.86. The fourth-order valence-corrected chi connectivity index (χ4v) is 1.86. The molecule has 1 aliphatic rings. The molecule has 0 radical (unpaired) electrons. The zero-order chi connectivity index (χ0) is 13.7. The smallest absolute Gasteiger partial charge is 0.341 e. The number of carboxylic acid groups (broad SMARTS) is 1. The number of nitrogens with one attached hydrogen (secondary N) is 1. The van der Waals surface area contributed by atoms with Crippen molar-refractivity contribution in [2.45, 2.75) is 12.8 Å². The van der Waals surface area contributed by atoms with Gasteiger partial charge in [-0.15, -0.1) is 0 Å². The summed E-state index contributed by atoms with van der Waals surface area (Å²) < 4.78 is 5.00. The maximum atomic E-state index is 11.9. The summed E-state index contributed by atoms with van der Waals surface area (Å²) >= 11 is 0. The molecule has 1 aromatic carbocycles. The first-order valence-electron chi connectivity index (χ1n) is 6.05. The first kappa shape index (κ1) is 13.1. The van der Waals surface area contributed by atoms with Crippen molar-refractivity contribution in [1.82, 2.24) is 0 Å². The molecular weight excluding hydrogens is 246 g/mol. The van der Waals surface area contributed by atoms with Crippen LogP contribution in [0.3, 0.4) is 0 Å². The second kappa shape index (κ2) is 6.04. The number of carbonyl (C=O) groups is 2. The molecule has 100 valence electrons. The third-order valence-electron chi connectivity index (χ3n) is 2.86. The van der Waals surface area contributed by atoms with Gasteiger partial charge in [0.2, 0.25) is 5.91 Å². The average Bonchev–Trinajstić information content (AvgIpc) is 2.92. The topological polar surface area (TPSA) is 75.6 Å². The molecule has 0 unspecified atom stereocenters. The zero-order valence-electron chi connectivity index (χ0n) is 10.3. The number of aliphatic carboxylic acids is 1. The first-order chi connectivity index (χ1) is 9.15. The molecule has 5 heteroatoms. The van der Waals surface area contributed by atoms with Gasteiger partial charge in [0.25, 0.3) is 0 Å². The maximum Gasteiger partial charge on any atom is 0.341 e. The summed E-state index contributed by atoms with van der Waals surface area (Å²) in [6, 6.07) is 6.64. The van der Waals surface area contributed by atoms with E-state index in [1.165, 1.54) is 0 Å². The molecule has 0 saturated carbocycles. The van der Waals surface area contributed by atoms with Crippen LogP contribution in [0.2, 0.25) is 0 Å². The number of benzene rings is 1. The van der Waals surface area contributed by atoms with Gasteiger partial charge in [-0.1, -0.05) is 12.2 Å². The van der Waals surface area contributed by atoms with Gasteiger partial charge in [-0.2, -0.15) is 0 Å². The van der Waals surface area contributed by atoms with Gasteiger partial charge in [0.1, 0.15) is 5.75 Å². The number of anilines is 1. The van der Waals surface area contributed by atoms with E-state index in [-0.39, 0.29) is 18.4 Å². The largest absolute Gasteiger partial charge is 0.482 e. The number of allylic oxidation sites excluding steroid dienone is 2. The number of carbonyl (C=O) groups excluding carboxylic acids is 1. The highest BCUT2D eigenvalue weighted by molar-refractivity contribution is 5.93. The Balaban J connectivity index is 1.87. The van der Waals surface area contributed by atoms with Gasteiger partial charge in [-0.25, -0.2) is 4.79 Å². The van der Waals surface area contributed by atoms with Crippen molar-refractivity contribution in [2.24, 2.45) is 5.92 Å². The highest BCUT2D eigenvalue weighted by Gasteiger charge is 2.18. The van der Waals surface area contributed by atoms with Crippen molar-refractivity contribution in [3.8, 4) is 5.75 Å². The molecule has 0 heterocycles. The number of hydrogen-bond donors (Lipinski definition) is 2. The molecule has 0 aliphatic heterocycles. The monoisotopic (exact) mass is 261 g/mol. The van der Waals surface area contributed by atoms with Gasteiger partial charge in [0.05, 0.1) is 0 Å². The van der Waals surface area contributed by atoms with E-state index in [0.29, 0.717) is 11.4 Å². The Hall–Kier alpha value is -2.30. The van der Waals surface area contributed by atoms with Crippen molar-refractivity contribution in [3.05, 3.63) is 36.4 Å². The van der Waals surface area contributed by atoms with E-state index < -0.39 is 5.97 Å². The fraction of sp³-hybridized carbons (Fsp3) is 0.286. The van der Waals surface area contributed by atoms with E-state index >= 15 is 0 Å². The molecule has 0 fully saturated rings. The SMILES string of the molecule is O=C(O)COc1ccc(NC(=O)C2CC=CC2)cc1. The van der Waals surface area contributed by atoms with E-state index in [1.54, 1.807) is 24.3 Å². The maximum absolute atomic E-state index is 11.9. The molecule has 1 aromatic rings. The summed E-state index contributed by atoms with van der Waals surface area (Å²) in [6.45, 7) is -0.376. The summed E-state index contributed by atoms with van der Waals surface area (Å²) in [5, 5.41) is 11.3. The van der Waals surface area contributed by atoms with Gasteiger partial charge >= 0.3 is 5.97 Å². The lowest BCUT2D eigenvalue weighted by Gasteiger charge is -2.11. The third kappa shape index (κ3) is 3.84. The summed E-state index contributed by atoms with van der Waals surface area (Å²) in [4.78, 5) is 22.2. The van der Waals surface area contributed by atoms with Crippen LogP contribution < -0.4 is 10.1 Å². The molecular formula is C14H15NO4. The average molecular weight is 261 g/mol. The summed E-state index contributed by atoms with van der Waals surface area (Å²) in [5.41, 5.74) is 0.680. The molecule has 0 aromatic heterocycles. The molecule has 0 saturated heterocycles. The highest BCUT2D eigenvalue weighted by Crippen LogP contribution is 2.21. The van der Waals surface area contributed by atoms with Crippen LogP contribution in [0.5, 0.6) is 5.75 Å². The van der Waals surface area contributed by atoms with E-state index in [1.807, 2.05) is 12.2 Å². The minimum Gasteiger partial charge on any atom is -0.482 e. The van der Waals surface area contributed by atoms with Crippen LogP contribution in [0.15, 0.2) is 36.4 Å². The molecule has 0 atom stereocenters. The Morgan fingerprint density at radius 2 is 1.84 bits per heavy atom. The zero-order valence-corrected chi connectivity index (χ0v) is 10.3. The molecule has 19 heavy (non-hydrogen) atoms. The normalized spacial score (nSPS) is 14.3.